The van der Waals surface area contributed by atoms with Crippen LogP contribution in [0.2, 0.25) is 0 Å². The SMILES string of the molecule is CCOc1cc(OC(C)C)c(F)c(N(Cc2cccc(-c3ccoc3)n2)c2ccc(C#N)cc2)c1. The fraction of sp³-hybridized carbons (Fsp3) is 0.214. The minimum absolute atomic E-state index is 0.111. The van der Waals surface area contributed by atoms with Gasteiger partial charge in [-0.05, 0) is 63.2 Å². The van der Waals surface area contributed by atoms with Crippen molar-refractivity contribution in [1.29, 1.82) is 5.26 Å². The summed E-state index contributed by atoms with van der Waals surface area (Å²) in [4.78, 5) is 6.56. The third kappa shape index (κ3) is 5.61. The second-order valence-electron chi connectivity index (χ2n) is 8.13. The maximum Gasteiger partial charge on any atom is 0.188 e. The summed E-state index contributed by atoms with van der Waals surface area (Å²) in [6.07, 6.45) is 3.01. The molecule has 0 radical (unpaired) electrons. The number of ether oxygens (including phenoxy) is 2. The van der Waals surface area contributed by atoms with Crippen LogP contribution in [0.5, 0.6) is 11.5 Å². The standard InChI is InChI=1S/C28H26FN3O3/c1-4-34-24-14-26(28(29)27(15-24)35-19(2)3)32(23-10-8-20(16-30)9-11-23)17-22-6-5-7-25(31-22)21-12-13-33-18-21/h5-15,18-19H,4,17H2,1-3H3. The molecule has 0 saturated carbocycles. The number of hydrogen-bond acceptors (Lipinski definition) is 6. The Bertz CT molecular complexity index is 1310. The van der Waals surface area contributed by atoms with Crippen LogP contribution < -0.4 is 14.4 Å². The highest BCUT2D eigenvalue weighted by molar-refractivity contribution is 5.68. The Morgan fingerprint density at radius 2 is 1.91 bits per heavy atom. The van der Waals surface area contributed by atoms with E-state index < -0.39 is 5.82 Å². The van der Waals surface area contributed by atoms with E-state index >= 15 is 4.39 Å². The molecule has 0 fully saturated rings. The van der Waals surface area contributed by atoms with Crippen LogP contribution in [0.1, 0.15) is 32.0 Å². The van der Waals surface area contributed by atoms with Crippen molar-refractivity contribution in [2.45, 2.75) is 33.4 Å². The zero-order valence-electron chi connectivity index (χ0n) is 19.9. The van der Waals surface area contributed by atoms with E-state index in [0.717, 1.165) is 17.0 Å². The number of furan rings is 1. The molecule has 4 aromatic rings. The molecule has 2 aromatic heterocycles. The summed E-state index contributed by atoms with van der Waals surface area (Å²) in [6.45, 7) is 6.25. The van der Waals surface area contributed by atoms with Crippen molar-refractivity contribution in [3.63, 3.8) is 0 Å². The van der Waals surface area contributed by atoms with Gasteiger partial charge in [-0.1, -0.05) is 6.07 Å². The number of anilines is 2. The average molecular weight is 472 g/mol. The van der Waals surface area contributed by atoms with Gasteiger partial charge < -0.3 is 18.8 Å². The fourth-order valence-electron chi connectivity index (χ4n) is 3.68. The van der Waals surface area contributed by atoms with Gasteiger partial charge in [0, 0.05) is 23.4 Å². The van der Waals surface area contributed by atoms with Crippen LogP contribution in [0.4, 0.5) is 15.8 Å². The number of halogens is 1. The van der Waals surface area contributed by atoms with E-state index in [9.17, 15) is 5.26 Å². The molecule has 0 atom stereocenters. The Morgan fingerprint density at radius 1 is 1.11 bits per heavy atom. The van der Waals surface area contributed by atoms with Gasteiger partial charge in [-0.25, -0.2) is 4.39 Å². The molecular weight excluding hydrogens is 445 g/mol. The van der Waals surface area contributed by atoms with Crippen LogP contribution in [0, 0.1) is 17.1 Å². The maximum absolute atomic E-state index is 15.8. The molecule has 4 rings (SSSR count). The van der Waals surface area contributed by atoms with Crippen LogP contribution in [0.15, 0.2) is 77.6 Å². The van der Waals surface area contributed by atoms with E-state index in [1.54, 1.807) is 53.8 Å². The van der Waals surface area contributed by atoms with Crippen molar-refractivity contribution in [2.75, 3.05) is 11.5 Å². The number of rotatable bonds is 9. The van der Waals surface area contributed by atoms with Gasteiger partial charge in [0.05, 0.1) is 60.5 Å². The van der Waals surface area contributed by atoms with E-state index in [1.165, 1.54) is 0 Å². The molecular formula is C28H26FN3O3. The van der Waals surface area contributed by atoms with Gasteiger partial charge in [-0.2, -0.15) is 5.26 Å². The molecule has 0 aliphatic carbocycles. The Labute approximate surface area is 204 Å². The summed E-state index contributed by atoms with van der Waals surface area (Å²) in [7, 11) is 0. The molecule has 178 valence electrons. The van der Waals surface area contributed by atoms with Crippen LogP contribution in [-0.4, -0.2) is 17.7 Å². The number of aromatic nitrogens is 1. The Balaban J connectivity index is 1.82. The smallest absolute Gasteiger partial charge is 0.188 e. The lowest BCUT2D eigenvalue weighted by atomic mass is 10.1. The normalized spacial score (nSPS) is 10.7. The first-order valence-electron chi connectivity index (χ1n) is 11.4. The molecule has 7 heteroatoms. The quantitative estimate of drug-likeness (QED) is 0.265. The molecule has 0 N–H and O–H groups in total. The fourth-order valence-corrected chi connectivity index (χ4v) is 3.68. The van der Waals surface area contributed by atoms with Crippen LogP contribution in [0.3, 0.4) is 0 Å². The molecule has 0 spiro atoms. The van der Waals surface area contributed by atoms with Crippen LogP contribution in [0.25, 0.3) is 11.3 Å². The molecule has 35 heavy (non-hydrogen) atoms. The van der Waals surface area contributed by atoms with Gasteiger partial charge in [0.25, 0.3) is 0 Å². The van der Waals surface area contributed by atoms with Crippen molar-refractivity contribution < 1.29 is 18.3 Å². The molecule has 6 nitrogen and oxygen atoms in total. The Hall–Kier alpha value is -4.31. The van der Waals surface area contributed by atoms with Gasteiger partial charge in [-0.3, -0.25) is 4.98 Å². The highest BCUT2D eigenvalue weighted by atomic mass is 19.1. The molecule has 0 bridgehead atoms. The predicted octanol–water partition coefficient (Wildman–Crippen LogP) is 6.88. The van der Waals surface area contributed by atoms with Gasteiger partial charge in [0.1, 0.15) is 5.75 Å². The molecule has 2 aromatic carbocycles. The van der Waals surface area contributed by atoms with Gasteiger partial charge in [0.2, 0.25) is 0 Å². The van der Waals surface area contributed by atoms with Crippen LogP contribution in [-0.2, 0) is 6.54 Å². The van der Waals surface area contributed by atoms with E-state index in [4.69, 9.17) is 18.9 Å². The number of benzene rings is 2. The highest BCUT2D eigenvalue weighted by Gasteiger charge is 2.22. The number of pyridine rings is 1. The molecule has 0 unspecified atom stereocenters. The largest absolute Gasteiger partial charge is 0.494 e. The predicted molar refractivity (Wildman–Crippen MR) is 132 cm³/mol. The lowest BCUT2D eigenvalue weighted by Crippen LogP contribution is -2.20. The van der Waals surface area contributed by atoms with Crippen molar-refractivity contribution >= 4 is 11.4 Å². The van der Waals surface area contributed by atoms with E-state index in [1.807, 2.05) is 45.0 Å². The average Bonchev–Trinajstić information content (AvgIpc) is 3.40. The zero-order chi connectivity index (χ0) is 24.8. The molecule has 2 heterocycles. The summed E-state index contributed by atoms with van der Waals surface area (Å²) in [5.74, 6) is 0.107. The zero-order valence-corrected chi connectivity index (χ0v) is 19.9. The first-order chi connectivity index (χ1) is 17.0. The molecule has 0 aliphatic rings. The number of nitriles is 1. The van der Waals surface area contributed by atoms with E-state index in [-0.39, 0.29) is 24.1 Å². The third-order valence-electron chi connectivity index (χ3n) is 5.21. The maximum atomic E-state index is 15.8. The topological polar surface area (TPSA) is 71.5 Å². The van der Waals surface area contributed by atoms with Crippen LogP contribution >= 0.6 is 0 Å². The summed E-state index contributed by atoms with van der Waals surface area (Å²) < 4.78 is 32.5. The third-order valence-corrected chi connectivity index (χ3v) is 5.21. The second-order valence-corrected chi connectivity index (χ2v) is 8.13. The highest BCUT2D eigenvalue weighted by Crippen LogP contribution is 2.38. The lowest BCUT2D eigenvalue weighted by Gasteiger charge is -2.27. The number of hydrogen-bond donors (Lipinski definition) is 0. The van der Waals surface area contributed by atoms with Gasteiger partial charge >= 0.3 is 0 Å². The summed E-state index contributed by atoms with van der Waals surface area (Å²) >= 11 is 0. The Morgan fingerprint density at radius 3 is 2.57 bits per heavy atom. The van der Waals surface area contributed by atoms with E-state index in [0.29, 0.717) is 23.6 Å². The van der Waals surface area contributed by atoms with E-state index in [2.05, 4.69) is 6.07 Å². The number of nitrogens with zero attached hydrogens (tertiary/aromatic N) is 3. The van der Waals surface area contributed by atoms with Gasteiger partial charge in [-0.15, -0.1) is 0 Å². The molecule has 0 amide bonds. The minimum Gasteiger partial charge on any atom is -0.494 e. The minimum atomic E-state index is -0.502. The summed E-state index contributed by atoms with van der Waals surface area (Å²) in [5, 5.41) is 9.23. The van der Waals surface area contributed by atoms with Crippen molar-refractivity contribution in [3.8, 4) is 28.8 Å². The molecule has 0 saturated heterocycles. The van der Waals surface area contributed by atoms with Crippen molar-refractivity contribution in [3.05, 3.63) is 90.3 Å². The summed E-state index contributed by atoms with van der Waals surface area (Å²) in [5.41, 5.74) is 3.83. The Kier molecular flexibility index (Phi) is 7.32. The second kappa shape index (κ2) is 10.7. The first-order valence-corrected chi connectivity index (χ1v) is 11.4. The summed E-state index contributed by atoms with van der Waals surface area (Å²) in [6, 6.07) is 19.8. The first kappa shape index (κ1) is 23.8. The van der Waals surface area contributed by atoms with Crippen molar-refractivity contribution in [2.24, 2.45) is 0 Å². The van der Waals surface area contributed by atoms with Gasteiger partial charge in [0.15, 0.2) is 11.6 Å². The van der Waals surface area contributed by atoms with Crippen molar-refractivity contribution in [1.82, 2.24) is 4.98 Å². The monoisotopic (exact) mass is 471 g/mol. The lowest BCUT2D eigenvalue weighted by molar-refractivity contribution is 0.229. The molecule has 0 aliphatic heterocycles.